The Kier molecular flexibility index (Phi) is 12.6. The van der Waals surface area contributed by atoms with Crippen molar-refractivity contribution in [3.63, 3.8) is 0 Å². The molecule has 2 N–H and O–H groups in total. The summed E-state index contributed by atoms with van der Waals surface area (Å²) in [4.78, 5) is 48.7. The summed E-state index contributed by atoms with van der Waals surface area (Å²) in [6.07, 6.45) is 7.95. The normalized spacial score (nSPS) is 13.4. The van der Waals surface area contributed by atoms with Crippen LogP contribution >= 0.6 is 0 Å². The number of carboxylic acid groups (broad SMARTS) is 1. The van der Waals surface area contributed by atoms with Crippen molar-refractivity contribution in [1.29, 1.82) is 0 Å². The Morgan fingerprint density at radius 3 is 1.98 bits per heavy atom. The van der Waals surface area contributed by atoms with Crippen molar-refractivity contribution >= 4 is 17.8 Å². The van der Waals surface area contributed by atoms with Crippen LogP contribution in [0.4, 0.5) is 0 Å². The van der Waals surface area contributed by atoms with Crippen LogP contribution in [0.15, 0.2) is 85.2 Å². The molecule has 2 amide bonds. The number of nitrogens with zero attached hydrogens (tertiary/aromatic N) is 3. The van der Waals surface area contributed by atoms with Gasteiger partial charge in [-0.3, -0.25) is 14.4 Å². The molecule has 1 aliphatic rings. The molecule has 0 bridgehead atoms. The number of unbranched alkanes of at least 4 members (excludes halogenated alkanes) is 1. The zero-order valence-corrected chi connectivity index (χ0v) is 29.0. The van der Waals surface area contributed by atoms with E-state index in [0.29, 0.717) is 36.3 Å². The number of hydrogen-bond acceptors (Lipinski definition) is 7. The van der Waals surface area contributed by atoms with E-state index < -0.39 is 23.8 Å². The lowest BCUT2D eigenvalue weighted by Crippen LogP contribution is -2.59. The van der Waals surface area contributed by atoms with E-state index in [9.17, 15) is 19.5 Å². The molecular formula is C40H46N4O6. The summed E-state index contributed by atoms with van der Waals surface area (Å²) < 4.78 is 11.6. The Hall–Kier alpha value is -5.25. The molecule has 262 valence electrons. The van der Waals surface area contributed by atoms with Crippen LogP contribution in [0.2, 0.25) is 0 Å². The first-order valence-electron chi connectivity index (χ1n) is 17.4. The highest BCUT2D eigenvalue weighted by molar-refractivity contribution is 5.98. The SMILES string of the molecule is CCCCOc1ccc(C(=O)N[C@@H](Cc2ccc(-c3ncc(-c4ccc(OCCCC(C)C)cc4)cn3)cc2)C(=O)N2CC(C(=O)O)C2)cc1. The van der Waals surface area contributed by atoms with E-state index in [4.69, 9.17) is 9.47 Å². The monoisotopic (exact) mass is 678 g/mol. The van der Waals surface area contributed by atoms with Gasteiger partial charge in [0.15, 0.2) is 5.82 Å². The fourth-order valence-electron chi connectivity index (χ4n) is 5.59. The number of ether oxygens (including phenoxy) is 2. The predicted octanol–water partition coefficient (Wildman–Crippen LogP) is 6.69. The second kappa shape index (κ2) is 17.4. The summed E-state index contributed by atoms with van der Waals surface area (Å²) in [5, 5.41) is 12.2. The summed E-state index contributed by atoms with van der Waals surface area (Å²) in [5.74, 6) is 0.506. The lowest BCUT2D eigenvalue weighted by molar-refractivity contribution is -0.153. The molecule has 50 heavy (non-hydrogen) atoms. The lowest BCUT2D eigenvalue weighted by Gasteiger charge is -2.39. The molecule has 1 fully saturated rings. The van der Waals surface area contributed by atoms with Crippen LogP contribution in [0.25, 0.3) is 22.5 Å². The fraction of sp³-hybridized carbons (Fsp3) is 0.375. The molecule has 5 rings (SSSR count). The van der Waals surface area contributed by atoms with Gasteiger partial charge in [-0.1, -0.05) is 63.6 Å². The minimum Gasteiger partial charge on any atom is -0.494 e. The fourth-order valence-corrected chi connectivity index (χ4v) is 5.59. The third kappa shape index (κ3) is 9.90. The van der Waals surface area contributed by atoms with Gasteiger partial charge >= 0.3 is 5.97 Å². The molecule has 0 saturated carbocycles. The Bertz CT molecular complexity index is 1700. The van der Waals surface area contributed by atoms with Crippen LogP contribution in [-0.2, 0) is 16.0 Å². The first kappa shape index (κ1) is 36.0. The maximum Gasteiger partial charge on any atom is 0.310 e. The van der Waals surface area contributed by atoms with Crippen molar-refractivity contribution < 1.29 is 29.0 Å². The molecule has 1 aromatic heterocycles. The Morgan fingerprint density at radius 1 is 0.820 bits per heavy atom. The third-order valence-corrected chi connectivity index (χ3v) is 8.71. The number of carboxylic acids is 1. The first-order chi connectivity index (χ1) is 24.2. The number of benzene rings is 3. The van der Waals surface area contributed by atoms with E-state index in [1.165, 1.54) is 4.90 Å². The summed E-state index contributed by atoms with van der Waals surface area (Å²) >= 11 is 0. The van der Waals surface area contributed by atoms with Crippen LogP contribution in [0.5, 0.6) is 11.5 Å². The van der Waals surface area contributed by atoms with E-state index in [-0.39, 0.29) is 25.4 Å². The van der Waals surface area contributed by atoms with Crippen LogP contribution in [0.1, 0.15) is 62.4 Å². The average molecular weight is 679 g/mol. The second-order valence-corrected chi connectivity index (χ2v) is 13.1. The van der Waals surface area contributed by atoms with Gasteiger partial charge < -0.3 is 24.8 Å². The van der Waals surface area contributed by atoms with Gasteiger partial charge in [0.2, 0.25) is 5.91 Å². The topological polar surface area (TPSA) is 131 Å². The van der Waals surface area contributed by atoms with Crippen molar-refractivity contribution in [2.75, 3.05) is 26.3 Å². The molecule has 0 unspecified atom stereocenters. The number of nitrogens with one attached hydrogen (secondary N) is 1. The molecule has 3 aromatic carbocycles. The summed E-state index contributed by atoms with van der Waals surface area (Å²) in [5.41, 5.74) is 3.92. The smallest absolute Gasteiger partial charge is 0.310 e. The highest BCUT2D eigenvalue weighted by Gasteiger charge is 2.38. The summed E-state index contributed by atoms with van der Waals surface area (Å²) in [7, 11) is 0. The molecule has 10 heteroatoms. The van der Waals surface area contributed by atoms with Crippen molar-refractivity contribution in [2.45, 2.75) is 58.9 Å². The van der Waals surface area contributed by atoms with Gasteiger partial charge in [0.1, 0.15) is 17.5 Å². The van der Waals surface area contributed by atoms with Gasteiger partial charge in [-0.25, -0.2) is 9.97 Å². The standard InChI is InChI=1S/C40H46N4O6/c1-4-5-20-49-35-18-14-31(15-19-35)38(45)43-36(39(46)44-25-33(26-44)40(47)48)22-28-8-10-30(11-9-28)37-41-23-32(24-42-37)29-12-16-34(17-13-29)50-21-6-7-27(2)3/h8-19,23-24,27,33,36H,4-7,20-22,25-26H2,1-3H3,(H,43,45)(H,47,48)/t36-/m0/s1. The minimum absolute atomic E-state index is 0.118. The molecule has 0 spiro atoms. The van der Waals surface area contributed by atoms with E-state index in [2.05, 4.69) is 36.1 Å². The molecule has 4 aromatic rings. The third-order valence-electron chi connectivity index (χ3n) is 8.71. The van der Waals surface area contributed by atoms with E-state index in [1.807, 2.05) is 48.5 Å². The molecule has 1 saturated heterocycles. The second-order valence-electron chi connectivity index (χ2n) is 13.1. The van der Waals surface area contributed by atoms with Gasteiger partial charge in [-0.15, -0.1) is 0 Å². The highest BCUT2D eigenvalue weighted by atomic mass is 16.5. The van der Waals surface area contributed by atoms with Crippen LogP contribution in [-0.4, -0.2) is 70.1 Å². The number of carbonyl (C=O) groups is 3. The highest BCUT2D eigenvalue weighted by Crippen LogP contribution is 2.24. The number of carbonyl (C=O) groups excluding carboxylic acids is 2. The molecule has 0 radical (unpaired) electrons. The van der Waals surface area contributed by atoms with Gasteiger partial charge in [0.25, 0.3) is 5.91 Å². The van der Waals surface area contributed by atoms with Gasteiger partial charge in [0.05, 0.1) is 19.1 Å². The summed E-state index contributed by atoms with van der Waals surface area (Å²) in [6, 6.07) is 21.4. The average Bonchev–Trinajstić information content (AvgIpc) is 3.10. The quantitative estimate of drug-likeness (QED) is 0.118. The zero-order chi connectivity index (χ0) is 35.5. The lowest BCUT2D eigenvalue weighted by atomic mass is 9.96. The minimum atomic E-state index is -0.933. The van der Waals surface area contributed by atoms with E-state index in [1.54, 1.807) is 36.7 Å². The molecule has 1 atom stereocenters. The van der Waals surface area contributed by atoms with Crippen LogP contribution in [0, 0.1) is 11.8 Å². The maximum atomic E-state index is 13.5. The van der Waals surface area contributed by atoms with Gasteiger partial charge in [-0.2, -0.15) is 0 Å². The molecular weight excluding hydrogens is 632 g/mol. The summed E-state index contributed by atoms with van der Waals surface area (Å²) in [6.45, 7) is 8.05. The largest absolute Gasteiger partial charge is 0.494 e. The number of aromatic nitrogens is 2. The predicted molar refractivity (Wildman–Crippen MR) is 192 cm³/mol. The van der Waals surface area contributed by atoms with E-state index >= 15 is 0 Å². The molecule has 10 nitrogen and oxygen atoms in total. The van der Waals surface area contributed by atoms with Crippen LogP contribution < -0.4 is 14.8 Å². The van der Waals surface area contributed by atoms with Gasteiger partial charge in [0, 0.05) is 48.6 Å². The number of aliphatic carboxylic acids is 1. The number of rotatable bonds is 17. The maximum absolute atomic E-state index is 13.5. The molecule has 1 aliphatic heterocycles. The Labute approximate surface area is 293 Å². The molecule has 0 aliphatic carbocycles. The van der Waals surface area contributed by atoms with Crippen LogP contribution in [0.3, 0.4) is 0 Å². The van der Waals surface area contributed by atoms with Gasteiger partial charge in [-0.05, 0) is 72.7 Å². The number of hydrogen-bond donors (Lipinski definition) is 2. The van der Waals surface area contributed by atoms with Crippen molar-refractivity contribution in [3.8, 4) is 34.0 Å². The Balaban J connectivity index is 1.22. The first-order valence-corrected chi connectivity index (χ1v) is 17.4. The number of amides is 2. The van der Waals surface area contributed by atoms with Crippen molar-refractivity contribution in [1.82, 2.24) is 20.2 Å². The number of likely N-dealkylation sites (tertiary alicyclic amines) is 1. The van der Waals surface area contributed by atoms with Crippen molar-refractivity contribution in [3.05, 3.63) is 96.3 Å². The van der Waals surface area contributed by atoms with Crippen molar-refractivity contribution in [2.24, 2.45) is 11.8 Å². The van der Waals surface area contributed by atoms with E-state index in [0.717, 1.165) is 53.7 Å². The zero-order valence-electron chi connectivity index (χ0n) is 29.0. The Morgan fingerprint density at radius 2 is 1.40 bits per heavy atom. The molecule has 2 heterocycles.